The van der Waals surface area contributed by atoms with Crippen LogP contribution in [0.15, 0.2) is 6.07 Å². The Kier molecular flexibility index (Phi) is 3.62. The van der Waals surface area contributed by atoms with Gasteiger partial charge in [0.05, 0.1) is 0 Å². The normalized spacial score (nSPS) is 21.0. The van der Waals surface area contributed by atoms with Crippen molar-refractivity contribution >= 4 is 5.95 Å². The molecule has 1 atom stereocenters. The molecule has 0 aliphatic carbocycles. The number of aryl methyl sites for hydroxylation is 1. The molecule has 4 heteroatoms. The first-order valence-electron chi connectivity index (χ1n) is 6.40. The fraction of sp³-hybridized carbons (Fsp3) is 0.692. The van der Waals surface area contributed by atoms with Gasteiger partial charge in [-0.2, -0.15) is 0 Å². The lowest BCUT2D eigenvalue weighted by Crippen LogP contribution is -2.49. The first-order chi connectivity index (χ1) is 8.06. The largest absolute Gasteiger partial charge is 0.338 e. The maximum Gasteiger partial charge on any atom is 0.225 e. The zero-order valence-corrected chi connectivity index (χ0v) is 11.2. The molecule has 1 aromatic rings. The van der Waals surface area contributed by atoms with Crippen LogP contribution in [0.5, 0.6) is 0 Å². The molecule has 1 aliphatic rings. The number of hydrogen-bond donors (Lipinski definition) is 1. The van der Waals surface area contributed by atoms with E-state index in [2.05, 4.69) is 47.0 Å². The monoisotopic (exact) mass is 234 g/mol. The van der Waals surface area contributed by atoms with E-state index in [4.69, 9.17) is 0 Å². The van der Waals surface area contributed by atoms with Crippen molar-refractivity contribution in [2.75, 3.05) is 24.5 Å². The van der Waals surface area contributed by atoms with Crippen molar-refractivity contribution in [2.45, 2.75) is 39.7 Å². The average molecular weight is 234 g/mol. The van der Waals surface area contributed by atoms with Gasteiger partial charge in [0.25, 0.3) is 0 Å². The Bertz CT molecular complexity index is 389. The molecule has 94 valence electrons. The average Bonchev–Trinajstić information content (AvgIpc) is 2.28. The van der Waals surface area contributed by atoms with Crippen molar-refractivity contribution < 1.29 is 0 Å². The van der Waals surface area contributed by atoms with Crippen molar-refractivity contribution in [1.82, 2.24) is 15.3 Å². The third-order valence-electron chi connectivity index (χ3n) is 3.11. The molecule has 1 fully saturated rings. The van der Waals surface area contributed by atoms with Gasteiger partial charge in [-0.05, 0) is 25.8 Å². The molecule has 1 aromatic heterocycles. The minimum absolute atomic E-state index is 0.454. The van der Waals surface area contributed by atoms with Crippen LogP contribution in [-0.2, 0) is 0 Å². The number of nitrogens with zero attached hydrogens (tertiary/aromatic N) is 3. The molecular formula is C13H22N4. The second-order valence-electron chi connectivity index (χ2n) is 5.19. The van der Waals surface area contributed by atoms with Gasteiger partial charge < -0.3 is 10.2 Å². The van der Waals surface area contributed by atoms with E-state index in [1.807, 2.05) is 6.92 Å². The topological polar surface area (TPSA) is 41.1 Å². The van der Waals surface area contributed by atoms with Crippen molar-refractivity contribution in [1.29, 1.82) is 0 Å². The van der Waals surface area contributed by atoms with Gasteiger partial charge in [0.15, 0.2) is 0 Å². The van der Waals surface area contributed by atoms with E-state index in [1.165, 1.54) is 0 Å². The van der Waals surface area contributed by atoms with Crippen molar-refractivity contribution in [3.05, 3.63) is 17.5 Å². The molecule has 4 nitrogen and oxygen atoms in total. The zero-order valence-electron chi connectivity index (χ0n) is 11.2. The number of anilines is 1. The van der Waals surface area contributed by atoms with Crippen molar-refractivity contribution in [3.63, 3.8) is 0 Å². The highest BCUT2D eigenvalue weighted by molar-refractivity contribution is 5.34. The van der Waals surface area contributed by atoms with Crippen LogP contribution in [0.25, 0.3) is 0 Å². The number of rotatable bonds is 2. The second kappa shape index (κ2) is 5.00. The lowest BCUT2D eigenvalue weighted by molar-refractivity contribution is 0.478. The third kappa shape index (κ3) is 2.94. The molecular weight excluding hydrogens is 212 g/mol. The minimum atomic E-state index is 0.454. The molecule has 0 spiro atoms. The number of aromatic nitrogens is 2. The van der Waals surface area contributed by atoms with E-state index in [0.29, 0.717) is 12.0 Å². The summed E-state index contributed by atoms with van der Waals surface area (Å²) in [6.07, 6.45) is 0. The fourth-order valence-corrected chi connectivity index (χ4v) is 2.13. The van der Waals surface area contributed by atoms with Crippen molar-refractivity contribution in [2.24, 2.45) is 0 Å². The SMILES string of the molecule is Cc1cc(C(C)C)nc(N2CCNC(C)C2)n1. The molecule has 2 heterocycles. The van der Waals surface area contributed by atoms with Crippen LogP contribution < -0.4 is 10.2 Å². The van der Waals surface area contributed by atoms with Crippen LogP contribution in [0, 0.1) is 6.92 Å². The molecule has 0 amide bonds. The summed E-state index contributed by atoms with van der Waals surface area (Å²) in [6, 6.07) is 2.59. The number of piperazine rings is 1. The lowest BCUT2D eigenvalue weighted by atomic mass is 10.1. The van der Waals surface area contributed by atoms with Crippen LogP contribution in [0.4, 0.5) is 5.95 Å². The first-order valence-corrected chi connectivity index (χ1v) is 6.40. The predicted octanol–water partition coefficient (Wildman–Crippen LogP) is 1.71. The van der Waals surface area contributed by atoms with Crippen LogP contribution >= 0.6 is 0 Å². The van der Waals surface area contributed by atoms with Gasteiger partial charge in [0.1, 0.15) is 0 Å². The quantitative estimate of drug-likeness (QED) is 0.845. The standard InChI is InChI=1S/C13H22N4/c1-9(2)12-7-10(3)15-13(16-12)17-6-5-14-11(4)8-17/h7,9,11,14H,5-6,8H2,1-4H3. The Labute approximate surface area is 103 Å². The van der Waals surface area contributed by atoms with E-state index in [-0.39, 0.29) is 0 Å². The minimum Gasteiger partial charge on any atom is -0.338 e. The van der Waals surface area contributed by atoms with Gasteiger partial charge >= 0.3 is 0 Å². The highest BCUT2D eigenvalue weighted by Crippen LogP contribution is 2.17. The van der Waals surface area contributed by atoms with E-state index in [9.17, 15) is 0 Å². The predicted molar refractivity (Wildman–Crippen MR) is 70.5 cm³/mol. The first kappa shape index (κ1) is 12.3. The summed E-state index contributed by atoms with van der Waals surface area (Å²) in [5.41, 5.74) is 2.20. The Balaban J connectivity index is 2.25. The molecule has 1 saturated heterocycles. The van der Waals surface area contributed by atoms with Gasteiger partial charge in [-0.1, -0.05) is 13.8 Å². The summed E-state index contributed by atoms with van der Waals surface area (Å²) in [7, 11) is 0. The lowest BCUT2D eigenvalue weighted by Gasteiger charge is -2.32. The molecule has 0 aromatic carbocycles. The molecule has 2 rings (SSSR count). The Morgan fingerprint density at radius 1 is 1.41 bits per heavy atom. The molecule has 1 aliphatic heterocycles. The van der Waals surface area contributed by atoms with Gasteiger partial charge in [0, 0.05) is 37.1 Å². The van der Waals surface area contributed by atoms with Crippen LogP contribution in [0.2, 0.25) is 0 Å². The number of hydrogen-bond acceptors (Lipinski definition) is 4. The van der Waals surface area contributed by atoms with E-state index >= 15 is 0 Å². The van der Waals surface area contributed by atoms with Crippen LogP contribution in [0.3, 0.4) is 0 Å². The highest BCUT2D eigenvalue weighted by Gasteiger charge is 2.19. The van der Waals surface area contributed by atoms with E-state index < -0.39 is 0 Å². The zero-order chi connectivity index (χ0) is 12.4. The Morgan fingerprint density at radius 3 is 2.82 bits per heavy atom. The summed E-state index contributed by atoms with van der Waals surface area (Å²) in [5, 5.41) is 3.44. The molecule has 0 bridgehead atoms. The fourth-order valence-electron chi connectivity index (χ4n) is 2.13. The highest BCUT2D eigenvalue weighted by atomic mass is 15.3. The number of nitrogens with one attached hydrogen (secondary N) is 1. The molecule has 1 unspecified atom stereocenters. The molecule has 0 radical (unpaired) electrons. The van der Waals surface area contributed by atoms with Gasteiger partial charge in [-0.15, -0.1) is 0 Å². The summed E-state index contributed by atoms with van der Waals surface area (Å²) in [4.78, 5) is 11.5. The Hall–Kier alpha value is -1.16. The summed E-state index contributed by atoms with van der Waals surface area (Å²) in [5.74, 6) is 1.35. The van der Waals surface area contributed by atoms with Gasteiger partial charge in [-0.25, -0.2) is 9.97 Å². The third-order valence-corrected chi connectivity index (χ3v) is 3.11. The maximum atomic E-state index is 4.68. The second-order valence-corrected chi connectivity index (χ2v) is 5.19. The summed E-state index contributed by atoms with van der Waals surface area (Å²) < 4.78 is 0. The Morgan fingerprint density at radius 2 is 2.18 bits per heavy atom. The maximum absolute atomic E-state index is 4.68. The van der Waals surface area contributed by atoms with Gasteiger partial charge in [0.2, 0.25) is 5.95 Å². The van der Waals surface area contributed by atoms with Gasteiger partial charge in [-0.3, -0.25) is 0 Å². The van der Waals surface area contributed by atoms with Crippen LogP contribution in [0.1, 0.15) is 38.1 Å². The molecule has 0 saturated carbocycles. The molecule has 17 heavy (non-hydrogen) atoms. The smallest absolute Gasteiger partial charge is 0.225 e. The summed E-state index contributed by atoms with van der Waals surface area (Å²) in [6.45, 7) is 11.6. The van der Waals surface area contributed by atoms with E-state index in [0.717, 1.165) is 37.0 Å². The van der Waals surface area contributed by atoms with Crippen molar-refractivity contribution in [3.8, 4) is 0 Å². The van der Waals surface area contributed by atoms with Crippen LogP contribution in [-0.4, -0.2) is 35.6 Å². The summed E-state index contributed by atoms with van der Waals surface area (Å²) >= 11 is 0. The molecule has 1 N–H and O–H groups in total. The van der Waals surface area contributed by atoms with E-state index in [1.54, 1.807) is 0 Å².